The fourth-order valence-electron chi connectivity index (χ4n) is 2.16. The lowest BCUT2D eigenvalue weighted by Gasteiger charge is -2.31. The zero-order valence-electron chi connectivity index (χ0n) is 11.8. The van der Waals surface area contributed by atoms with E-state index in [4.69, 9.17) is 22.1 Å². The summed E-state index contributed by atoms with van der Waals surface area (Å²) in [5.41, 5.74) is 5.71. The molecule has 1 aliphatic heterocycles. The number of amides is 2. The molecule has 6 nitrogen and oxygen atoms in total. The SMILES string of the molecule is CC(C)(C)OC(=O)N1CCn2cc(Cl)c(C(N)=O)c2C1. The van der Waals surface area contributed by atoms with Crippen molar-refractivity contribution in [2.45, 2.75) is 39.5 Å². The molecule has 2 rings (SSSR count). The Labute approximate surface area is 122 Å². The lowest BCUT2D eigenvalue weighted by Crippen LogP contribution is -2.41. The molecule has 20 heavy (non-hydrogen) atoms. The number of halogens is 1. The Balaban J connectivity index is 2.22. The van der Waals surface area contributed by atoms with Crippen LogP contribution >= 0.6 is 11.6 Å². The van der Waals surface area contributed by atoms with E-state index in [1.54, 1.807) is 11.1 Å². The van der Waals surface area contributed by atoms with E-state index in [-0.39, 0.29) is 12.1 Å². The first kappa shape index (κ1) is 14.7. The quantitative estimate of drug-likeness (QED) is 0.861. The van der Waals surface area contributed by atoms with Crippen molar-refractivity contribution < 1.29 is 14.3 Å². The van der Waals surface area contributed by atoms with Gasteiger partial charge in [0.05, 0.1) is 22.8 Å². The number of ether oxygens (including phenoxy) is 1. The normalized spacial score (nSPS) is 14.9. The van der Waals surface area contributed by atoms with Crippen LogP contribution in [0.5, 0.6) is 0 Å². The summed E-state index contributed by atoms with van der Waals surface area (Å²) in [4.78, 5) is 25.1. The van der Waals surface area contributed by atoms with Crippen molar-refractivity contribution in [3.8, 4) is 0 Å². The molecule has 7 heteroatoms. The van der Waals surface area contributed by atoms with Crippen LogP contribution in [0.15, 0.2) is 6.20 Å². The van der Waals surface area contributed by atoms with Gasteiger partial charge in [0.2, 0.25) is 0 Å². The minimum Gasteiger partial charge on any atom is -0.444 e. The molecular formula is C13H18ClN3O3. The summed E-state index contributed by atoms with van der Waals surface area (Å²) in [6.45, 7) is 6.75. The molecule has 2 amide bonds. The molecule has 0 atom stereocenters. The summed E-state index contributed by atoms with van der Waals surface area (Å²) in [5, 5.41) is 0.318. The Kier molecular flexibility index (Phi) is 3.69. The number of aromatic nitrogens is 1. The van der Waals surface area contributed by atoms with Crippen molar-refractivity contribution in [2.24, 2.45) is 5.73 Å². The molecule has 0 spiro atoms. The van der Waals surface area contributed by atoms with Gasteiger partial charge in [-0.25, -0.2) is 4.79 Å². The molecule has 0 saturated heterocycles. The molecule has 0 fully saturated rings. The zero-order chi connectivity index (χ0) is 15.1. The topological polar surface area (TPSA) is 77.6 Å². The Bertz CT molecular complexity index is 560. The third-order valence-corrected chi connectivity index (χ3v) is 3.28. The molecule has 2 N–H and O–H groups in total. The summed E-state index contributed by atoms with van der Waals surface area (Å²) in [5.74, 6) is -0.588. The molecule has 1 aromatic heterocycles. The molecule has 1 aromatic rings. The van der Waals surface area contributed by atoms with Gasteiger partial charge in [-0.05, 0) is 20.8 Å². The summed E-state index contributed by atoms with van der Waals surface area (Å²) in [6, 6.07) is 0. The molecule has 1 aliphatic rings. The minimum atomic E-state index is -0.588. The highest BCUT2D eigenvalue weighted by Crippen LogP contribution is 2.27. The van der Waals surface area contributed by atoms with E-state index in [1.165, 1.54) is 0 Å². The van der Waals surface area contributed by atoms with Gasteiger partial charge in [0.1, 0.15) is 5.60 Å². The monoisotopic (exact) mass is 299 g/mol. The predicted octanol–water partition coefficient (Wildman–Crippen LogP) is 1.99. The van der Waals surface area contributed by atoms with E-state index in [1.807, 2.05) is 25.3 Å². The maximum absolute atomic E-state index is 12.1. The Morgan fingerprint density at radius 1 is 1.35 bits per heavy atom. The van der Waals surface area contributed by atoms with Crippen molar-refractivity contribution in [1.82, 2.24) is 9.47 Å². The van der Waals surface area contributed by atoms with Gasteiger partial charge < -0.3 is 19.9 Å². The number of carbonyl (C=O) groups excluding carboxylic acids is 2. The first-order chi connectivity index (χ1) is 9.19. The van der Waals surface area contributed by atoms with Gasteiger partial charge in [0.25, 0.3) is 5.91 Å². The van der Waals surface area contributed by atoms with Gasteiger partial charge in [-0.3, -0.25) is 4.79 Å². The smallest absolute Gasteiger partial charge is 0.410 e. The number of fused-ring (bicyclic) bond motifs is 1. The molecule has 0 unspecified atom stereocenters. The van der Waals surface area contributed by atoms with Crippen molar-refractivity contribution in [2.75, 3.05) is 6.54 Å². The number of primary amides is 1. The number of rotatable bonds is 1. The van der Waals surface area contributed by atoms with Crippen LogP contribution in [0.2, 0.25) is 5.02 Å². The summed E-state index contributed by atoms with van der Waals surface area (Å²) in [7, 11) is 0. The molecule has 0 aromatic carbocycles. The molecule has 110 valence electrons. The fraction of sp³-hybridized carbons (Fsp3) is 0.538. The van der Waals surface area contributed by atoms with Crippen LogP contribution in [0.3, 0.4) is 0 Å². The van der Waals surface area contributed by atoms with Crippen LogP contribution in [-0.4, -0.2) is 33.6 Å². The van der Waals surface area contributed by atoms with E-state index in [2.05, 4.69) is 0 Å². The highest BCUT2D eigenvalue weighted by Gasteiger charge is 2.29. The molecule has 0 saturated carbocycles. The maximum Gasteiger partial charge on any atom is 0.410 e. The third kappa shape index (κ3) is 2.90. The molecule has 2 heterocycles. The summed E-state index contributed by atoms with van der Waals surface area (Å²) in [6.07, 6.45) is 1.26. The fourth-order valence-corrected chi connectivity index (χ4v) is 2.48. The lowest BCUT2D eigenvalue weighted by atomic mass is 10.2. The van der Waals surface area contributed by atoms with Crippen LogP contribution in [0.25, 0.3) is 0 Å². The minimum absolute atomic E-state index is 0.264. The first-order valence-corrected chi connectivity index (χ1v) is 6.72. The second kappa shape index (κ2) is 5.01. The molecule has 0 aliphatic carbocycles. The number of nitrogens with zero attached hydrogens (tertiary/aromatic N) is 2. The zero-order valence-corrected chi connectivity index (χ0v) is 12.5. The van der Waals surface area contributed by atoms with E-state index in [9.17, 15) is 9.59 Å². The molecule has 0 bridgehead atoms. The Morgan fingerprint density at radius 3 is 2.55 bits per heavy atom. The van der Waals surface area contributed by atoms with Crippen molar-refractivity contribution >= 4 is 23.6 Å². The lowest BCUT2D eigenvalue weighted by molar-refractivity contribution is 0.0198. The second-order valence-corrected chi connectivity index (χ2v) is 6.17. The van der Waals surface area contributed by atoms with Crippen LogP contribution in [0, 0.1) is 0 Å². The van der Waals surface area contributed by atoms with E-state index in [0.29, 0.717) is 23.8 Å². The molecular weight excluding hydrogens is 282 g/mol. The van der Waals surface area contributed by atoms with Gasteiger partial charge in [-0.1, -0.05) is 11.6 Å². The summed E-state index contributed by atoms with van der Waals surface area (Å²) < 4.78 is 7.18. The van der Waals surface area contributed by atoms with E-state index < -0.39 is 17.6 Å². The average Bonchev–Trinajstić information content (AvgIpc) is 2.61. The van der Waals surface area contributed by atoms with E-state index in [0.717, 1.165) is 0 Å². The Hall–Kier alpha value is -1.69. The standard InChI is InChI=1S/C13H18ClN3O3/c1-13(2,3)20-12(19)17-5-4-16-6-8(14)10(11(15)18)9(16)7-17/h6H,4-5,7H2,1-3H3,(H2,15,18). The van der Waals surface area contributed by atoms with Gasteiger partial charge in [0.15, 0.2) is 0 Å². The van der Waals surface area contributed by atoms with Crippen LogP contribution < -0.4 is 5.73 Å². The maximum atomic E-state index is 12.1. The van der Waals surface area contributed by atoms with Crippen molar-refractivity contribution in [3.05, 3.63) is 22.5 Å². The Morgan fingerprint density at radius 2 is 2.00 bits per heavy atom. The van der Waals surface area contributed by atoms with Gasteiger partial charge in [-0.15, -0.1) is 0 Å². The number of nitrogens with two attached hydrogens (primary N) is 1. The summed E-state index contributed by atoms with van der Waals surface area (Å²) >= 11 is 6.01. The molecule has 0 radical (unpaired) electrons. The first-order valence-electron chi connectivity index (χ1n) is 6.34. The number of hydrogen-bond acceptors (Lipinski definition) is 3. The highest BCUT2D eigenvalue weighted by atomic mass is 35.5. The largest absolute Gasteiger partial charge is 0.444 e. The second-order valence-electron chi connectivity index (χ2n) is 5.76. The van der Waals surface area contributed by atoms with Crippen LogP contribution in [0.4, 0.5) is 4.79 Å². The third-order valence-electron chi connectivity index (χ3n) is 2.99. The van der Waals surface area contributed by atoms with Gasteiger partial charge in [0, 0.05) is 19.3 Å². The number of hydrogen-bond donors (Lipinski definition) is 1. The average molecular weight is 300 g/mol. The van der Waals surface area contributed by atoms with Gasteiger partial charge in [-0.2, -0.15) is 0 Å². The van der Waals surface area contributed by atoms with Crippen LogP contribution in [0.1, 0.15) is 36.8 Å². The van der Waals surface area contributed by atoms with E-state index >= 15 is 0 Å². The van der Waals surface area contributed by atoms with Gasteiger partial charge >= 0.3 is 6.09 Å². The van der Waals surface area contributed by atoms with Crippen molar-refractivity contribution in [1.29, 1.82) is 0 Å². The van der Waals surface area contributed by atoms with Crippen LogP contribution in [-0.2, 0) is 17.8 Å². The predicted molar refractivity (Wildman–Crippen MR) is 74.6 cm³/mol. The van der Waals surface area contributed by atoms with Crippen molar-refractivity contribution in [3.63, 3.8) is 0 Å². The number of carbonyl (C=O) groups is 2. The highest BCUT2D eigenvalue weighted by molar-refractivity contribution is 6.34.